The SMILES string of the molecule is CCCN(Cc1cccn1Cc1ccc(C(=O)N2CCN(Cc3ccc4c(c3)OCO4)CC2)o1)C(=O)c1ccc(F)cc1. The Balaban J connectivity index is 1.04. The van der Waals surface area contributed by atoms with Gasteiger partial charge in [0.1, 0.15) is 11.6 Å². The first kappa shape index (κ1) is 28.5. The molecular weight excluding hydrogens is 551 g/mol. The monoisotopic (exact) mass is 586 g/mol. The zero-order chi connectivity index (χ0) is 29.8. The van der Waals surface area contributed by atoms with Gasteiger partial charge >= 0.3 is 0 Å². The third kappa shape index (κ3) is 6.59. The van der Waals surface area contributed by atoms with Gasteiger partial charge in [-0.1, -0.05) is 13.0 Å². The Kier molecular flexibility index (Phi) is 8.46. The summed E-state index contributed by atoms with van der Waals surface area (Å²) in [6, 6.07) is 19.1. The standard InChI is InChI=1S/C33H35FN4O5/c1-2-13-38(32(39)25-6-8-26(34)9-7-25)21-27-4-3-14-37(27)22-28-10-12-30(43-28)33(40)36-17-15-35(16-18-36)20-24-5-11-29-31(19-24)42-23-41-29/h3-12,14,19H,2,13,15-18,20-23H2,1H3. The number of carbonyl (C=O) groups is 2. The second-order valence-corrected chi connectivity index (χ2v) is 10.9. The zero-order valence-electron chi connectivity index (χ0n) is 24.2. The topological polar surface area (TPSA) is 80.4 Å². The van der Waals surface area contributed by atoms with Crippen molar-refractivity contribution >= 4 is 11.8 Å². The number of halogens is 1. The molecule has 10 heteroatoms. The number of fused-ring (bicyclic) bond motifs is 1. The predicted molar refractivity (Wildman–Crippen MR) is 157 cm³/mol. The van der Waals surface area contributed by atoms with Crippen molar-refractivity contribution in [3.63, 3.8) is 0 Å². The van der Waals surface area contributed by atoms with Crippen LogP contribution in [0.3, 0.4) is 0 Å². The maximum atomic E-state index is 13.4. The van der Waals surface area contributed by atoms with E-state index in [1.165, 1.54) is 24.3 Å². The molecule has 2 aromatic carbocycles. The summed E-state index contributed by atoms with van der Waals surface area (Å²) in [4.78, 5) is 32.3. The molecule has 0 saturated carbocycles. The van der Waals surface area contributed by atoms with Crippen molar-refractivity contribution in [1.29, 1.82) is 0 Å². The minimum absolute atomic E-state index is 0.110. The molecule has 4 heterocycles. The third-order valence-corrected chi connectivity index (χ3v) is 7.85. The normalized spacial score (nSPS) is 14.7. The van der Waals surface area contributed by atoms with Crippen molar-refractivity contribution in [2.45, 2.75) is 33.0 Å². The van der Waals surface area contributed by atoms with Crippen LogP contribution in [-0.4, -0.2) is 70.6 Å². The highest BCUT2D eigenvalue weighted by molar-refractivity contribution is 5.94. The number of aromatic nitrogens is 1. The second kappa shape index (κ2) is 12.7. The summed E-state index contributed by atoms with van der Waals surface area (Å²) in [7, 11) is 0. The molecule has 4 aromatic rings. The lowest BCUT2D eigenvalue weighted by Crippen LogP contribution is -2.48. The molecule has 0 aliphatic carbocycles. The number of benzene rings is 2. The van der Waals surface area contributed by atoms with Gasteiger partial charge in [-0.3, -0.25) is 14.5 Å². The van der Waals surface area contributed by atoms with Crippen LogP contribution in [0, 0.1) is 5.82 Å². The molecule has 0 unspecified atom stereocenters. The van der Waals surface area contributed by atoms with Crippen molar-refractivity contribution in [2.24, 2.45) is 0 Å². The fourth-order valence-electron chi connectivity index (χ4n) is 5.55. The second-order valence-electron chi connectivity index (χ2n) is 10.9. The van der Waals surface area contributed by atoms with Crippen molar-refractivity contribution in [1.82, 2.24) is 19.3 Å². The number of furan rings is 1. The summed E-state index contributed by atoms with van der Waals surface area (Å²) in [6.45, 7) is 7.26. The molecule has 0 N–H and O–H groups in total. The maximum absolute atomic E-state index is 13.4. The van der Waals surface area contributed by atoms with E-state index in [9.17, 15) is 14.0 Å². The average Bonchev–Trinajstić information content (AvgIpc) is 3.79. The number of amides is 2. The first-order chi connectivity index (χ1) is 21.0. The van der Waals surface area contributed by atoms with Crippen LogP contribution in [0.2, 0.25) is 0 Å². The van der Waals surface area contributed by atoms with Gasteiger partial charge in [-0.25, -0.2) is 4.39 Å². The summed E-state index contributed by atoms with van der Waals surface area (Å²) in [6.07, 6.45) is 2.73. The van der Waals surface area contributed by atoms with Gasteiger partial charge in [-0.2, -0.15) is 0 Å². The smallest absolute Gasteiger partial charge is 0.289 e. The van der Waals surface area contributed by atoms with E-state index in [4.69, 9.17) is 13.9 Å². The van der Waals surface area contributed by atoms with E-state index in [0.29, 0.717) is 49.8 Å². The summed E-state index contributed by atoms with van der Waals surface area (Å²) in [5.41, 5.74) is 2.55. The number of nitrogens with zero attached hydrogens (tertiary/aromatic N) is 4. The summed E-state index contributed by atoms with van der Waals surface area (Å²) in [5, 5.41) is 0. The van der Waals surface area contributed by atoms with Crippen molar-refractivity contribution in [3.8, 4) is 11.5 Å². The highest BCUT2D eigenvalue weighted by Crippen LogP contribution is 2.33. The number of hydrogen-bond acceptors (Lipinski definition) is 6. The Labute approximate surface area is 250 Å². The Morgan fingerprint density at radius 3 is 2.49 bits per heavy atom. The Bertz CT molecular complexity index is 1570. The zero-order valence-corrected chi connectivity index (χ0v) is 24.2. The van der Waals surface area contributed by atoms with Gasteiger partial charge in [0.25, 0.3) is 11.8 Å². The molecule has 224 valence electrons. The third-order valence-electron chi connectivity index (χ3n) is 7.85. The first-order valence-electron chi connectivity index (χ1n) is 14.6. The molecule has 0 bridgehead atoms. The molecule has 43 heavy (non-hydrogen) atoms. The molecule has 0 atom stereocenters. The van der Waals surface area contributed by atoms with E-state index in [2.05, 4.69) is 11.0 Å². The van der Waals surface area contributed by atoms with Gasteiger partial charge in [-0.05, 0) is 72.6 Å². The van der Waals surface area contributed by atoms with Gasteiger partial charge in [0.05, 0.1) is 13.1 Å². The number of piperazine rings is 1. The van der Waals surface area contributed by atoms with E-state index in [0.717, 1.165) is 48.8 Å². The van der Waals surface area contributed by atoms with E-state index in [1.807, 2.05) is 52.9 Å². The van der Waals surface area contributed by atoms with Gasteiger partial charge < -0.3 is 28.3 Å². The van der Waals surface area contributed by atoms with Crippen LogP contribution in [0.25, 0.3) is 0 Å². The van der Waals surface area contributed by atoms with E-state index in [1.54, 1.807) is 11.0 Å². The highest BCUT2D eigenvalue weighted by Gasteiger charge is 2.25. The molecule has 0 radical (unpaired) electrons. The lowest BCUT2D eigenvalue weighted by Gasteiger charge is -2.34. The molecule has 2 amide bonds. The van der Waals surface area contributed by atoms with Crippen LogP contribution in [0.1, 0.15) is 51.3 Å². The molecular formula is C33H35FN4O5. The largest absolute Gasteiger partial charge is 0.454 e. The fraction of sp³-hybridized carbons (Fsp3) is 0.333. The van der Waals surface area contributed by atoms with Crippen LogP contribution in [-0.2, 0) is 19.6 Å². The molecule has 2 aliphatic rings. The first-order valence-corrected chi connectivity index (χ1v) is 14.6. The minimum Gasteiger partial charge on any atom is -0.454 e. The Hall–Kier alpha value is -4.57. The van der Waals surface area contributed by atoms with Gasteiger partial charge in [0, 0.05) is 56.7 Å². The molecule has 6 rings (SSSR count). The molecule has 2 aromatic heterocycles. The van der Waals surface area contributed by atoms with Crippen molar-refractivity contribution in [2.75, 3.05) is 39.5 Å². The number of hydrogen-bond donors (Lipinski definition) is 0. The van der Waals surface area contributed by atoms with Gasteiger partial charge in [-0.15, -0.1) is 0 Å². The quantitative estimate of drug-likeness (QED) is 0.260. The van der Waals surface area contributed by atoms with Gasteiger partial charge in [0.2, 0.25) is 6.79 Å². The van der Waals surface area contributed by atoms with Crippen LogP contribution in [0.5, 0.6) is 11.5 Å². The van der Waals surface area contributed by atoms with E-state index >= 15 is 0 Å². The molecule has 9 nitrogen and oxygen atoms in total. The highest BCUT2D eigenvalue weighted by atomic mass is 19.1. The van der Waals surface area contributed by atoms with E-state index < -0.39 is 0 Å². The molecule has 1 saturated heterocycles. The minimum atomic E-state index is -0.372. The lowest BCUT2D eigenvalue weighted by molar-refractivity contribution is 0.0595. The summed E-state index contributed by atoms with van der Waals surface area (Å²) >= 11 is 0. The van der Waals surface area contributed by atoms with E-state index in [-0.39, 0.29) is 24.4 Å². The van der Waals surface area contributed by atoms with Crippen LogP contribution in [0.15, 0.2) is 77.3 Å². The van der Waals surface area contributed by atoms with Crippen LogP contribution < -0.4 is 9.47 Å². The van der Waals surface area contributed by atoms with Crippen molar-refractivity contribution < 1.29 is 27.9 Å². The van der Waals surface area contributed by atoms with Crippen LogP contribution in [0.4, 0.5) is 4.39 Å². The Morgan fingerprint density at radius 2 is 1.70 bits per heavy atom. The summed E-state index contributed by atoms with van der Waals surface area (Å²) < 4.78 is 32.3. The summed E-state index contributed by atoms with van der Waals surface area (Å²) in [5.74, 6) is 1.92. The number of rotatable bonds is 10. The maximum Gasteiger partial charge on any atom is 0.289 e. The molecule has 2 aliphatic heterocycles. The average molecular weight is 587 g/mol. The number of carbonyl (C=O) groups excluding carboxylic acids is 2. The fourth-order valence-corrected chi connectivity index (χ4v) is 5.55. The molecule has 1 fully saturated rings. The lowest BCUT2D eigenvalue weighted by atomic mass is 10.1. The van der Waals surface area contributed by atoms with Crippen LogP contribution >= 0.6 is 0 Å². The van der Waals surface area contributed by atoms with Crippen molar-refractivity contribution in [3.05, 3.63) is 107 Å². The number of ether oxygens (including phenoxy) is 2. The van der Waals surface area contributed by atoms with Gasteiger partial charge in [0.15, 0.2) is 17.3 Å². The predicted octanol–water partition coefficient (Wildman–Crippen LogP) is 5.01. The Morgan fingerprint density at radius 1 is 0.907 bits per heavy atom. The molecule has 0 spiro atoms.